The molecule has 0 atom stereocenters. The first-order chi connectivity index (χ1) is 10.5. The Kier molecular flexibility index (Phi) is 5.96. The molecule has 0 fully saturated rings. The molecule has 0 bridgehead atoms. The average molecular weight is 384 g/mol. The number of aromatic amines is 1. The second kappa shape index (κ2) is 7.95. The van der Waals surface area contributed by atoms with Gasteiger partial charge in [0.2, 0.25) is 17.0 Å². The summed E-state index contributed by atoms with van der Waals surface area (Å²) in [5, 5.41) is 12.4. The van der Waals surface area contributed by atoms with E-state index in [1.165, 1.54) is 11.8 Å². The van der Waals surface area contributed by atoms with Gasteiger partial charge in [-0.2, -0.15) is 0 Å². The number of halogens is 1. The van der Waals surface area contributed by atoms with Gasteiger partial charge in [0.1, 0.15) is 5.82 Å². The molecule has 0 spiro atoms. The van der Waals surface area contributed by atoms with Crippen molar-refractivity contribution in [3.05, 3.63) is 34.6 Å². The molecule has 0 saturated carbocycles. The molecule has 2 rings (SSSR count). The van der Waals surface area contributed by atoms with Crippen molar-refractivity contribution in [2.45, 2.75) is 12.1 Å². The molecule has 116 valence electrons. The minimum atomic E-state index is -0.293. The summed E-state index contributed by atoms with van der Waals surface area (Å²) < 4.78 is 0.783. The van der Waals surface area contributed by atoms with Gasteiger partial charge in [0, 0.05) is 4.47 Å². The summed E-state index contributed by atoms with van der Waals surface area (Å²) in [5.41, 5.74) is 0.660. The summed E-state index contributed by atoms with van der Waals surface area (Å²) in [4.78, 5) is 27.5. The van der Waals surface area contributed by atoms with Crippen molar-refractivity contribution in [1.82, 2.24) is 20.5 Å². The molecule has 2 aromatic rings. The predicted molar refractivity (Wildman–Crippen MR) is 87.6 cm³/mol. The van der Waals surface area contributed by atoms with Gasteiger partial charge >= 0.3 is 0 Å². The van der Waals surface area contributed by atoms with Crippen LogP contribution in [0.5, 0.6) is 0 Å². The normalized spacial score (nSPS) is 10.3. The van der Waals surface area contributed by atoms with Crippen molar-refractivity contribution in [3.8, 4) is 0 Å². The largest absolute Gasteiger partial charge is 0.346 e. The first-order valence-electron chi connectivity index (χ1n) is 6.37. The third-order valence-corrected chi connectivity index (χ3v) is 4.04. The van der Waals surface area contributed by atoms with Crippen molar-refractivity contribution in [2.24, 2.45) is 0 Å². The number of amides is 2. The quantitative estimate of drug-likeness (QED) is 0.659. The second-order valence-corrected chi connectivity index (χ2v) is 6.09. The molecule has 0 aliphatic rings. The zero-order valence-electron chi connectivity index (χ0n) is 11.7. The molecule has 7 nitrogen and oxygen atoms in total. The van der Waals surface area contributed by atoms with Crippen LogP contribution in [-0.2, 0) is 9.59 Å². The van der Waals surface area contributed by atoms with Crippen LogP contribution in [0.1, 0.15) is 5.82 Å². The smallest absolute Gasteiger partial charge is 0.243 e. The average Bonchev–Trinajstić information content (AvgIpc) is 2.91. The van der Waals surface area contributed by atoms with E-state index in [0.29, 0.717) is 16.7 Å². The molecule has 0 saturated heterocycles. The van der Waals surface area contributed by atoms with Gasteiger partial charge in [-0.15, -0.1) is 5.10 Å². The number of carbonyl (C=O) groups is 2. The van der Waals surface area contributed by atoms with E-state index in [0.717, 1.165) is 4.47 Å². The van der Waals surface area contributed by atoms with Gasteiger partial charge in [-0.1, -0.05) is 23.9 Å². The van der Waals surface area contributed by atoms with Crippen molar-refractivity contribution in [1.29, 1.82) is 0 Å². The Morgan fingerprint density at radius 2 is 2.09 bits per heavy atom. The molecule has 1 aromatic heterocycles. The highest BCUT2D eigenvalue weighted by atomic mass is 79.9. The fraction of sp³-hybridized carbons (Fsp3) is 0.231. The molecule has 1 heterocycles. The number of nitrogens with zero attached hydrogens (tertiary/aromatic N) is 2. The summed E-state index contributed by atoms with van der Waals surface area (Å²) in [5.74, 6) is 0.295. The highest BCUT2D eigenvalue weighted by molar-refractivity contribution is 9.10. The highest BCUT2D eigenvalue weighted by Gasteiger charge is 2.09. The van der Waals surface area contributed by atoms with E-state index in [-0.39, 0.29) is 24.1 Å². The van der Waals surface area contributed by atoms with Gasteiger partial charge < -0.3 is 10.6 Å². The summed E-state index contributed by atoms with van der Waals surface area (Å²) in [6.45, 7) is 1.69. The van der Waals surface area contributed by atoms with Crippen LogP contribution in [0.15, 0.2) is 33.9 Å². The summed E-state index contributed by atoms with van der Waals surface area (Å²) in [7, 11) is 0. The van der Waals surface area contributed by atoms with Gasteiger partial charge in [0.25, 0.3) is 0 Å². The number of para-hydroxylation sites is 1. The number of rotatable bonds is 6. The van der Waals surface area contributed by atoms with Crippen LogP contribution >= 0.6 is 27.7 Å². The van der Waals surface area contributed by atoms with Crippen LogP contribution in [0.4, 0.5) is 5.69 Å². The lowest BCUT2D eigenvalue weighted by molar-refractivity contribution is -0.122. The molecule has 0 aliphatic carbocycles. The maximum atomic E-state index is 11.8. The summed E-state index contributed by atoms with van der Waals surface area (Å²) in [6.07, 6.45) is 0. The number of H-pyrrole nitrogens is 1. The van der Waals surface area contributed by atoms with Crippen LogP contribution in [0.25, 0.3) is 0 Å². The fourth-order valence-corrected chi connectivity index (χ4v) is 2.56. The predicted octanol–water partition coefficient (Wildman–Crippen LogP) is 1.72. The van der Waals surface area contributed by atoms with Crippen LogP contribution < -0.4 is 10.6 Å². The lowest BCUT2D eigenvalue weighted by Crippen LogP contribution is -2.33. The first kappa shape index (κ1) is 16.5. The lowest BCUT2D eigenvalue weighted by Gasteiger charge is -2.08. The van der Waals surface area contributed by atoms with E-state index in [2.05, 4.69) is 41.7 Å². The third-order valence-electron chi connectivity index (χ3n) is 2.50. The van der Waals surface area contributed by atoms with E-state index < -0.39 is 0 Å². The lowest BCUT2D eigenvalue weighted by atomic mass is 10.3. The number of hydrogen-bond donors (Lipinski definition) is 3. The third kappa shape index (κ3) is 5.15. The molecule has 0 aliphatic heterocycles. The number of aromatic nitrogens is 3. The number of benzene rings is 1. The standard InChI is InChI=1S/C13H14BrN5O2S/c1-8-16-13(19-18-8)22-7-12(21)15-6-11(20)17-10-5-3-2-4-9(10)14/h2-5H,6-7H2,1H3,(H,15,21)(H,17,20)(H,16,18,19). The Morgan fingerprint density at radius 1 is 1.32 bits per heavy atom. The van der Waals surface area contributed by atoms with Crippen LogP contribution in [0.3, 0.4) is 0 Å². The van der Waals surface area contributed by atoms with E-state index in [1.54, 1.807) is 13.0 Å². The van der Waals surface area contributed by atoms with Crippen LogP contribution in [0, 0.1) is 6.92 Å². The van der Waals surface area contributed by atoms with Crippen LogP contribution in [-0.4, -0.2) is 39.3 Å². The monoisotopic (exact) mass is 383 g/mol. The first-order valence-corrected chi connectivity index (χ1v) is 8.15. The molecule has 9 heteroatoms. The minimum absolute atomic E-state index is 0.0895. The number of thioether (sulfide) groups is 1. The highest BCUT2D eigenvalue weighted by Crippen LogP contribution is 2.20. The minimum Gasteiger partial charge on any atom is -0.346 e. The van der Waals surface area contributed by atoms with Crippen molar-refractivity contribution in [2.75, 3.05) is 17.6 Å². The molecule has 0 radical (unpaired) electrons. The van der Waals surface area contributed by atoms with E-state index >= 15 is 0 Å². The van der Waals surface area contributed by atoms with Gasteiger partial charge in [0.05, 0.1) is 18.0 Å². The van der Waals surface area contributed by atoms with E-state index in [1.807, 2.05) is 18.2 Å². The Hall–Kier alpha value is -1.87. The molecule has 0 unspecified atom stereocenters. The summed E-state index contributed by atoms with van der Waals surface area (Å²) in [6, 6.07) is 7.26. The van der Waals surface area contributed by atoms with Crippen molar-refractivity contribution >= 4 is 45.2 Å². The van der Waals surface area contributed by atoms with Crippen molar-refractivity contribution in [3.63, 3.8) is 0 Å². The number of nitrogens with one attached hydrogen (secondary N) is 3. The zero-order valence-corrected chi connectivity index (χ0v) is 14.1. The Bertz CT molecular complexity index is 676. The zero-order chi connectivity index (χ0) is 15.9. The Morgan fingerprint density at radius 3 is 2.77 bits per heavy atom. The van der Waals surface area contributed by atoms with Gasteiger partial charge in [0.15, 0.2) is 0 Å². The molecule has 1 aromatic carbocycles. The summed E-state index contributed by atoms with van der Waals surface area (Å²) >= 11 is 4.54. The number of anilines is 1. The maximum Gasteiger partial charge on any atom is 0.243 e. The Labute approximate surface area is 139 Å². The number of hydrogen-bond acceptors (Lipinski definition) is 5. The molecule has 3 N–H and O–H groups in total. The topological polar surface area (TPSA) is 99.8 Å². The molecule has 2 amide bonds. The second-order valence-electron chi connectivity index (χ2n) is 4.30. The van der Waals surface area contributed by atoms with Gasteiger partial charge in [-0.25, -0.2) is 4.98 Å². The van der Waals surface area contributed by atoms with Crippen molar-refractivity contribution < 1.29 is 9.59 Å². The van der Waals surface area contributed by atoms with Gasteiger partial charge in [-0.3, -0.25) is 14.7 Å². The van der Waals surface area contributed by atoms with E-state index in [4.69, 9.17) is 0 Å². The maximum absolute atomic E-state index is 11.8. The Balaban J connectivity index is 1.71. The van der Waals surface area contributed by atoms with Crippen LogP contribution in [0.2, 0.25) is 0 Å². The van der Waals surface area contributed by atoms with Gasteiger partial charge in [-0.05, 0) is 35.0 Å². The SMILES string of the molecule is Cc1nc(SCC(=O)NCC(=O)Nc2ccccc2Br)n[nH]1. The molecular weight excluding hydrogens is 370 g/mol. The number of carbonyl (C=O) groups excluding carboxylic acids is 2. The number of aryl methyl sites for hydroxylation is 1. The fourth-order valence-electron chi connectivity index (χ4n) is 1.50. The molecule has 22 heavy (non-hydrogen) atoms. The molecular formula is C13H14BrN5O2S. The van der Waals surface area contributed by atoms with E-state index in [9.17, 15) is 9.59 Å².